The van der Waals surface area contributed by atoms with Crippen LogP contribution in [0.1, 0.15) is 75.5 Å². The number of likely N-dealkylation sites (tertiary alicyclic amines) is 1. The summed E-state index contributed by atoms with van der Waals surface area (Å²) in [5, 5.41) is 11.9. The molecule has 1 aliphatic heterocycles. The number of hydrogen-bond acceptors (Lipinski definition) is 5. The highest BCUT2D eigenvalue weighted by Gasteiger charge is 2.43. The fraction of sp³-hybridized carbons (Fsp3) is 0.850. The van der Waals surface area contributed by atoms with Gasteiger partial charge in [0, 0.05) is 31.0 Å². The van der Waals surface area contributed by atoms with Gasteiger partial charge in [0.25, 0.3) is 0 Å². The number of nitrogens with one attached hydrogen (secondary N) is 1. The Bertz CT molecular complexity index is 646. The number of carbonyl (C=O) groups excluding carboxylic acids is 1. The van der Waals surface area contributed by atoms with Crippen molar-refractivity contribution < 1.29 is 9.21 Å². The SMILES string of the molecule is O=C(N[C@@H]1CN(Cc2nnc(C3CC3)o2)C[C@H]1C1CC1)C1CCCCC1. The molecule has 0 aromatic carbocycles. The van der Waals surface area contributed by atoms with Crippen molar-refractivity contribution in [2.24, 2.45) is 17.8 Å². The second-order valence-electron chi connectivity index (χ2n) is 8.95. The first kappa shape index (κ1) is 16.7. The van der Waals surface area contributed by atoms with Gasteiger partial charge in [0.15, 0.2) is 0 Å². The fourth-order valence-corrected chi connectivity index (χ4v) is 4.88. The van der Waals surface area contributed by atoms with E-state index in [-0.39, 0.29) is 5.92 Å². The van der Waals surface area contributed by atoms with Crippen LogP contribution in [-0.4, -0.2) is 40.1 Å². The molecule has 1 N–H and O–H groups in total. The molecule has 6 heteroatoms. The third kappa shape index (κ3) is 3.66. The monoisotopic (exact) mass is 358 g/mol. The van der Waals surface area contributed by atoms with Crippen molar-refractivity contribution in [3.05, 3.63) is 11.8 Å². The van der Waals surface area contributed by atoms with Gasteiger partial charge in [-0.25, -0.2) is 0 Å². The average molecular weight is 358 g/mol. The first-order valence-electron chi connectivity index (χ1n) is 10.6. The van der Waals surface area contributed by atoms with E-state index >= 15 is 0 Å². The van der Waals surface area contributed by atoms with Gasteiger partial charge in [-0.05, 0) is 50.4 Å². The van der Waals surface area contributed by atoms with E-state index in [2.05, 4.69) is 20.4 Å². The van der Waals surface area contributed by atoms with E-state index < -0.39 is 0 Å². The summed E-state index contributed by atoms with van der Waals surface area (Å²) in [6.45, 7) is 2.68. The van der Waals surface area contributed by atoms with Gasteiger partial charge in [0.2, 0.25) is 17.7 Å². The predicted molar refractivity (Wildman–Crippen MR) is 96.3 cm³/mol. The number of amides is 1. The van der Waals surface area contributed by atoms with E-state index in [9.17, 15) is 4.79 Å². The Balaban J connectivity index is 1.20. The molecule has 5 rings (SSSR count). The fourth-order valence-electron chi connectivity index (χ4n) is 4.88. The van der Waals surface area contributed by atoms with Crippen LogP contribution in [-0.2, 0) is 11.3 Å². The van der Waals surface area contributed by atoms with Gasteiger partial charge in [-0.1, -0.05) is 19.3 Å². The molecule has 0 bridgehead atoms. The molecule has 4 fully saturated rings. The number of carbonyl (C=O) groups is 1. The molecule has 3 saturated carbocycles. The minimum atomic E-state index is 0.245. The Hall–Kier alpha value is -1.43. The van der Waals surface area contributed by atoms with Gasteiger partial charge in [-0.15, -0.1) is 10.2 Å². The van der Waals surface area contributed by atoms with Crippen molar-refractivity contribution in [3.8, 4) is 0 Å². The summed E-state index contributed by atoms with van der Waals surface area (Å²) in [5.74, 6) is 4.00. The van der Waals surface area contributed by atoms with Crippen molar-refractivity contribution in [2.45, 2.75) is 76.3 Å². The molecule has 0 spiro atoms. The molecule has 1 saturated heterocycles. The van der Waals surface area contributed by atoms with E-state index in [1.54, 1.807) is 0 Å². The highest BCUT2D eigenvalue weighted by molar-refractivity contribution is 5.79. The molecule has 26 heavy (non-hydrogen) atoms. The second-order valence-corrected chi connectivity index (χ2v) is 8.95. The lowest BCUT2D eigenvalue weighted by molar-refractivity contribution is -0.126. The highest BCUT2D eigenvalue weighted by atomic mass is 16.4. The Kier molecular flexibility index (Phi) is 4.47. The van der Waals surface area contributed by atoms with Crippen molar-refractivity contribution in [1.29, 1.82) is 0 Å². The van der Waals surface area contributed by atoms with E-state index in [0.717, 1.165) is 50.2 Å². The number of nitrogens with zero attached hydrogens (tertiary/aromatic N) is 3. The van der Waals surface area contributed by atoms with Gasteiger partial charge in [0.1, 0.15) is 0 Å². The Labute approximate surface area is 155 Å². The molecule has 1 amide bonds. The Morgan fingerprint density at radius 1 is 1.04 bits per heavy atom. The topological polar surface area (TPSA) is 71.3 Å². The molecule has 0 unspecified atom stereocenters. The lowest BCUT2D eigenvalue weighted by atomic mass is 9.88. The van der Waals surface area contributed by atoms with Crippen molar-refractivity contribution in [3.63, 3.8) is 0 Å². The third-order valence-electron chi connectivity index (χ3n) is 6.74. The molecule has 1 aromatic rings. The summed E-state index contributed by atoms with van der Waals surface area (Å²) in [7, 11) is 0. The molecular formula is C20H30N4O2. The molecule has 2 atom stereocenters. The predicted octanol–water partition coefficient (Wildman–Crippen LogP) is 2.85. The van der Waals surface area contributed by atoms with Crippen molar-refractivity contribution in [1.82, 2.24) is 20.4 Å². The number of hydrogen-bond donors (Lipinski definition) is 1. The molecule has 3 aliphatic carbocycles. The lowest BCUT2D eigenvalue weighted by Crippen LogP contribution is -2.44. The summed E-state index contributed by atoms with van der Waals surface area (Å²) >= 11 is 0. The maximum Gasteiger partial charge on any atom is 0.230 e. The Morgan fingerprint density at radius 3 is 2.58 bits per heavy atom. The van der Waals surface area contributed by atoms with Crippen molar-refractivity contribution in [2.75, 3.05) is 13.1 Å². The summed E-state index contributed by atoms with van der Waals surface area (Å²) in [6.07, 6.45) is 10.9. The van der Waals surface area contributed by atoms with E-state index in [1.165, 1.54) is 44.9 Å². The lowest BCUT2D eigenvalue weighted by Gasteiger charge is -2.25. The molecule has 0 radical (unpaired) electrons. The van der Waals surface area contributed by atoms with Crippen LogP contribution >= 0.6 is 0 Å². The van der Waals surface area contributed by atoms with Gasteiger partial charge in [-0.2, -0.15) is 0 Å². The van der Waals surface area contributed by atoms with Crippen LogP contribution in [0.25, 0.3) is 0 Å². The summed E-state index contributed by atoms with van der Waals surface area (Å²) in [5.41, 5.74) is 0. The van der Waals surface area contributed by atoms with Gasteiger partial charge >= 0.3 is 0 Å². The van der Waals surface area contributed by atoms with Crippen LogP contribution in [0.15, 0.2) is 4.42 Å². The Morgan fingerprint density at radius 2 is 1.85 bits per heavy atom. The summed E-state index contributed by atoms with van der Waals surface area (Å²) < 4.78 is 5.84. The first-order chi connectivity index (χ1) is 12.8. The number of rotatable bonds is 6. The van der Waals surface area contributed by atoms with E-state index in [1.807, 2.05) is 0 Å². The van der Waals surface area contributed by atoms with Gasteiger partial charge in [-0.3, -0.25) is 9.69 Å². The van der Waals surface area contributed by atoms with Gasteiger partial charge in [0.05, 0.1) is 6.54 Å². The third-order valence-corrected chi connectivity index (χ3v) is 6.74. The average Bonchev–Trinajstić information content (AvgIpc) is 3.59. The molecule has 6 nitrogen and oxygen atoms in total. The van der Waals surface area contributed by atoms with Crippen LogP contribution in [0, 0.1) is 17.8 Å². The van der Waals surface area contributed by atoms with Crippen LogP contribution in [0.3, 0.4) is 0 Å². The van der Waals surface area contributed by atoms with Crippen LogP contribution in [0.5, 0.6) is 0 Å². The van der Waals surface area contributed by atoms with Crippen LogP contribution in [0.4, 0.5) is 0 Å². The normalized spacial score (nSPS) is 30.6. The largest absolute Gasteiger partial charge is 0.424 e. The molecule has 4 aliphatic rings. The zero-order chi connectivity index (χ0) is 17.5. The molecular weight excluding hydrogens is 328 g/mol. The zero-order valence-corrected chi connectivity index (χ0v) is 15.5. The second kappa shape index (κ2) is 6.95. The van der Waals surface area contributed by atoms with Crippen LogP contribution in [0.2, 0.25) is 0 Å². The number of aromatic nitrogens is 2. The smallest absolute Gasteiger partial charge is 0.230 e. The van der Waals surface area contributed by atoms with E-state index in [4.69, 9.17) is 4.42 Å². The standard InChI is InChI=1S/C20H30N4O2/c25-19(14-4-2-1-3-5-14)21-17-11-24(10-16(17)13-6-7-13)12-18-22-23-20(26-18)15-8-9-15/h13-17H,1-12H2,(H,21,25)/t16-,17+/m0/s1. The minimum absolute atomic E-state index is 0.245. The highest BCUT2D eigenvalue weighted by Crippen LogP contribution is 2.42. The van der Waals surface area contributed by atoms with Gasteiger partial charge < -0.3 is 9.73 Å². The van der Waals surface area contributed by atoms with Crippen molar-refractivity contribution >= 4 is 5.91 Å². The maximum absolute atomic E-state index is 12.7. The zero-order valence-electron chi connectivity index (χ0n) is 15.5. The summed E-state index contributed by atoms with van der Waals surface area (Å²) in [6, 6.07) is 0.294. The minimum Gasteiger partial charge on any atom is -0.424 e. The maximum atomic E-state index is 12.7. The molecule has 1 aromatic heterocycles. The molecule has 142 valence electrons. The van der Waals surface area contributed by atoms with Crippen LogP contribution < -0.4 is 5.32 Å². The molecule has 2 heterocycles. The summed E-state index contributed by atoms with van der Waals surface area (Å²) in [4.78, 5) is 15.1. The quantitative estimate of drug-likeness (QED) is 0.847. The first-order valence-corrected chi connectivity index (χ1v) is 10.6. The van der Waals surface area contributed by atoms with E-state index in [0.29, 0.717) is 23.8 Å².